The molecule has 2 aromatic carbocycles. The van der Waals surface area contributed by atoms with Crippen molar-refractivity contribution in [3.8, 4) is 27.8 Å². The third-order valence-corrected chi connectivity index (χ3v) is 6.38. The molecule has 0 spiro atoms. The number of piperazine rings is 1. The van der Waals surface area contributed by atoms with Crippen molar-refractivity contribution in [2.24, 2.45) is 0 Å². The summed E-state index contributed by atoms with van der Waals surface area (Å²) in [5, 5.41) is 3.12. The summed E-state index contributed by atoms with van der Waals surface area (Å²) in [7, 11) is 3.33. The van der Waals surface area contributed by atoms with E-state index in [0.717, 1.165) is 66.2 Å². The van der Waals surface area contributed by atoms with Crippen molar-refractivity contribution in [1.29, 1.82) is 0 Å². The number of anilines is 1. The molecule has 1 aromatic heterocycles. The van der Waals surface area contributed by atoms with E-state index >= 15 is 0 Å². The smallest absolute Gasteiger partial charge is 0.142 e. The van der Waals surface area contributed by atoms with Crippen LogP contribution in [0, 0.1) is 0 Å². The van der Waals surface area contributed by atoms with Crippen molar-refractivity contribution < 1.29 is 14.2 Å². The summed E-state index contributed by atoms with van der Waals surface area (Å²) in [5.41, 5.74) is 3.28. The predicted octanol–water partition coefficient (Wildman–Crippen LogP) is 4.55. The highest BCUT2D eigenvalue weighted by Crippen LogP contribution is 2.35. The number of benzene rings is 2. The Labute approximate surface area is 188 Å². The van der Waals surface area contributed by atoms with E-state index < -0.39 is 0 Å². The Morgan fingerprint density at radius 1 is 0.968 bits per heavy atom. The highest BCUT2D eigenvalue weighted by molar-refractivity contribution is 7.13. The Morgan fingerprint density at radius 2 is 1.77 bits per heavy atom. The number of aromatic nitrogens is 1. The van der Waals surface area contributed by atoms with E-state index in [2.05, 4.69) is 33.4 Å². The highest BCUT2D eigenvalue weighted by atomic mass is 32.1. The van der Waals surface area contributed by atoms with Crippen LogP contribution in [0.25, 0.3) is 10.6 Å². The van der Waals surface area contributed by atoms with Crippen LogP contribution in [0.3, 0.4) is 0 Å². The molecule has 1 aliphatic heterocycles. The van der Waals surface area contributed by atoms with E-state index in [1.807, 2.05) is 31.2 Å². The van der Waals surface area contributed by atoms with Crippen LogP contribution >= 0.6 is 11.3 Å². The Bertz CT molecular complexity index is 999. The maximum Gasteiger partial charge on any atom is 0.142 e. The zero-order valence-electron chi connectivity index (χ0n) is 18.3. The molecule has 0 bridgehead atoms. The van der Waals surface area contributed by atoms with E-state index in [9.17, 15) is 0 Å². The van der Waals surface area contributed by atoms with Crippen LogP contribution in [0.15, 0.2) is 47.8 Å². The molecule has 1 fully saturated rings. The largest absolute Gasteiger partial charge is 0.497 e. The van der Waals surface area contributed by atoms with Crippen molar-refractivity contribution >= 4 is 17.0 Å². The number of thiazole rings is 1. The van der Waals surface area contributed by atoms with Crippen LogP contribution in [-0.4, -0.2) is 56.9 Å². The van der Waals surface area contributed by atoms with Gasteiger partial charge >= 0.3 is 0 Å². The first-order chi connectivity index (χ1) is 15.2. The Hall–Kier alpha value is -2.77. The summed E-state index contributed by atoms with van der Waals surface area (Å²) in [6, 6.07) is 14.2. The number of methoxy groups -OCH3 is 2. The molecular weight excluding hydrogens is 410 g/mol. The van der Waals surface area contributed by atoms with Crippen molar-refractivity contribution in [2.75, 3.05) is 51.9 Å². The molecule has 0 N–H and O–H groups in total. The van der Waals surface area contributed by atoms with Crippen LogP contribution in [-0.2, 0) is 6.54 Å². The second kappa shape index (κ2) is 10.0. The molecule has 0 saturated carbocycles. The van der Waals surface area contributed by atoms with Crippen LogP contribution in [0.2, 0.25) is 0 Å². The van der Waals surface area contributed by atoms with Crippen molar-refractivity contribution in [3.63, 3.8) is 0 Å². The van der Waals surface area contributed by atoms with Crippen LogP contribution < -0.4 is 19.1 Å². The lowest BCUT2D eigenvalue weighted by Crippen LogP contribution is -2.46. The summed E-state index contributed by atoms with van der Waals surface area (Å²) in [6.07, 6.45) is 0. The summed E-state index contributed by atoms with van der Waals surface area (Å²) >= 11 is 1.65. The van der Waals surface area contributed by atoms with Gasteiger partial charge in [0.05, 0.1) is 37.8 Å². The van der Waals surface area contributed by atoms with E-state index in [0.29, 0.717) is 6.61 Å². The van der Waals surface area contributed by atoms with Gasteiger partial charge < -0.3 is 19.1 Å². The fourth-order valence-corrected chi connectivity index (χ4v) is 4.69. The van der Waals surface area contributed by atoms with E-state index in [1.165, 1.54) is 5.69 Å². The van der Waals surface area contributed by atoms with Gasteiger partial charge in [0.15, 0.2) is 0 Å². The second-order valence-corrected chi connectivity index (χ2v) is 8.23. The molecule has 0 unspecified atom stereocenters. The molecule has 0 aliphatic carbocycles. The Morgan fingerprint density at radius 3 is 2.52 bits per heavy atom. The third kappa shape index (κ3) is 4.94. The van der Waals surface area contributed by atoms with Crippen LogP contribution in [0.1, 0.15) is 12.6 Å². The zero-order chi connectivity index (χ0) is 21.6. The average molecular weight is 440 g/mol. The number of rotatable bonds is 8. The van der Waals surface area contributed by atoms with Crippen molar-refractivity contribution in [3.05, 3.63) is 53.5 Å². The summed E-state index contributed by atoms with van der Waals surface area (Å²) in [6.45, 7) is 7.52. The molecule has 7 heteroatoms. The molecule has 31 heavy (non-hydrogen) atoms. The Kier molecular flexibility index (Phi) is 6.94. The number of hydrogen-bond acceptors (Lipinski definition) is 7. The monoisotopic (exact) mass is 439 g/mol. The average Bonchev–Trinajstić information content (AvgIpc) is 3.28. The van der Waals surface area contributed by atoms with Gasteiger partial charge in [-0.1, -0.05) is 12.1 Å². The lowest BCUT2D eigenvalue weighted by molar-refractivity contribution is 0.246. The highest BCUT2D eigenvalue weighted by Gasteiger charge is 2.21. The molecule has 2 heterocycles. The molecule has 4 rings (SSSR count). The molecule has 0 amide bonds. The summed E-state index contributed by atoms with van der Waals surface area (Å²) in [5.74, 6) is 2.53. The molecular formula is C24H29N3O3S. The lowest BCUT2D eigenvalue weighted by Gasteiger charge is -2.36. The number of para-hydroxylation sites is 2. The fraction of sp³-hybridized carbons (Fsp3) is 0.375. The molecule has 1 saturated heterocycles. The standard InChI is InChI=1S/C24H29N3O3S/c1-4-30-22-8-6-5-7-21(22)27-13-11-26(12-14-27)16-18-17-31-24(25-18)20-10-9-19(28-2)15-23(20)29-3/h5-10,15,17H,4,11-14,16H2,1-3H3. The first-order valence-electron chi connectivity index (χ1n) is 10.6. The van der Waals surface area contributed by atoms with Gasteiger partial charge in [-0.15, -0.1) is 11.3 Å². The third-order valence-electron chi connectivity index (χ3n) is 5.45. The molecule has 3 aromatic rings. The van der Waals surface area contributed by atoms with Crippen molar-refractivity contribution in [2.45, 2.75) is 13.5 Å². The van der Waals surface area contributed by atoms with Gasteiger partial charge in [-0.2, -0.15) is 0 Å². The maximum absolute atomic E-state index is 5.81. The summed E-state index contributed by atoms with van der Waals surface area (Å²) in [4.78, 5) is 9.75. The van der Waals surface area contributed by atoms with Gasteiger partial charge in [0, 0.05) is 44.2 Å². The van der Waals surface area contributed by atoms with E-state index in [1.54, 1.807) is 25.6 Å². The van der Waals surface area contributed by atoms with Crippen LogP contribution in [0.5, 0.6) is 17.2 Å². The van der Waals surface area contributed by atoms with Gasteiger partial charge in [-0.3, -0.25) is 4.90 Å². The molecule has 6 nitrogen and oxygen atoms in total. The number of nitrogens with zero attached hydrogens (tertiary/aromatic N) is 3. The van der Waals surface area contributed by atoms with Gasteiger partial charge in [0.2, 0.25) is 0 Å². The number of ether oxygens (including phenoxy) is 3. The first kappa shape index (κ1) is 21.5. The van der Waals surface area contributed by atoms with Crippen molar-refractivity contribution in [1.82, 2.24) is 9.88 Å². The predicted molar refractivity (Wildman–Crippen MR) is 126 cm³/mol. The normalized spacial score (nSPS) is 14.5. The maximum atomic E-state index is 5.81. The van der Waals surface area contributed by atoms with Gasteiger partial charge in [-0.25, -0.2) is 4.98 Å². The first-order valence-corrected chi connectivity index (χ1v) is 11.5. The minimum Gasteiger partial charge on any atom is -0.497 e. The number of hydrogen-bond donors (Lipinski definition) is 0. The molecule has 0 atom stereocenters. The van der Waals surface area contributed by atoms with E-state index in [4.69, 9.17) is 19.2 Å². The van der Waals surface area contributed by atoms with Gasteiger partial charge in [0.1, 0.15) is 22.3 Å². The zero-order valence-corrected chi connectivity index (χ0v) is 19.2. The molecule has 0 radical (unpaired) electrons. The molecule has 1 aliphatic rings. The molecule has 164 valence electrons. The second-order valence-electron chi connectivity index (χ2n) is 7.37. The minimum absolute atomic E-state index is 0.683. The SMILES string of the molecule is CCOc1ccccc1N1CCN(Cc2csc(-c3ccc(OC)cc3OC)n2)CC1. The quantitative estimate of drug-likeness (QED) is 0.513. The minimum atomic E-state index is 0.683. The topological polar surface area (TPSA) is 47.1 Å². The van der Waals surface area contributed by atoms with Gasteiger partial charge in [-0.05, 0) is 31.2 Å². The fourth-order valence-electron chi connectivity index (χ4n) is 3.85. The summed E-state index contributed by atoms with van der Waals surface area (Å²) < 4.78 is 16.7. The van der Waals surface area contributed by atoms with E-state index in [-0.39, 0.29) is 0 Å². The lowest BCUT2D eigenvalue weighted by atomic mass is 10.2. The Balaban J connectivity index is 1.39. The van der Waals surface area contributed by atoms with Crippen LogP contribution in [0.4, 0.5) is 5.69 Å². The van der Waals surface area contributed by atoms with Gasteiger partial charge in [0.25, 0.3) is 0 Å².